The minimum atomic E-state index is 0.391. The Balaban J connectivity index is 1.69. The van der Waals surface area contributed by atoms with Crippen LogP contribution >= 0.6 is 11.3 Å². The van der Waals surface area contributed by atoms with E-state index >= 15 is 0 Å². The van der Waals surface area contributed by atoms with Crippen LogP contribution in [0.4, 0.5) is 5.82 Å². The zero-order valence-electron chi connectivity index (χ0n) is 11.0. The summed E-state index contributed by atoms with van der Waals surface area (Å²) < 4.78 is 0. The first-order valence-electron chi connectivity index (χ1n) is 6.34. The standard InChI is InChI=1S/C15H11N5S/c16-9-12-7-4-8-13(18-12)17-10-14-19-20-15(21-14)11-5-2-1-3-6-11/h1-8H,10H2,(H,17,18). The van der Waals surface area contributed by atoms with Gasteiger partial charge in [-0.2, -0.15) is 5.26 Å². The second-order valence-electron chi connectivity index (χ2n) is 4.24. The summed E-state index contributed by atoms with van der Waals surface area (Å²) in [6, 6.07) is 17.2. The van der Waals surface area contributed by atoms with Gasteiger partial charge in [0.05, 0.1) is 6.54 Å². The Hall–Kier alpha value is -2.78. The Morgan fingerprint density at radius 2 is 1.90 bits per heavy atom. The second kappa shape index (κ2) is 6.11. The van der Waals surface area contributed by atoms with Gasteiger partial charge in [0.1, 0.15) is 27.6 Å². The van der Waals surface area contributed by atoms with Crippen molar-refractivity contribution in [1.29, 1.82) is 5.26 Å². The fourth-order valence-corrected chi connectivity index (χ4v) is 2.57. The van der Waals surface area contributed by atoms with Gasteiger partial charge in [-0.05, 0) is 12.1 Å². The highest BCUT2D eigenvalue weighted by molar-refractivity contribution is 7.14. The van der Waals surface area contributed by atoms with Gasteiger partial charge in [0.15, 0.2) is 0 Å². The summed E-state index contributed by atoms with van der Waals surface area (Å²) in [6.07, 6.45) is 0. The molecule has 0 saturated carbocycles. The van der Waals surface area contributed by atoms with Crippen molar-refractivity contribution in [2.75, 3.05) is 5.32 Å². The number of nitrogens with zero attached hydrogens (tertiary/aromatic N) is 4. The van der Waals surface area contributed by atoms with Crippen LogP contribution in [-0.4, -0.2) is 15.2 Å². The Bertz CT molecular complexity index is 776. The van der Waals surface area contributed by atoms with Crippen molar-refractivity contribution in [3.8, 4) is 16.6 Å². The molecule has 1 N–H and O–H groups in total. The monoisotopic (exact) mass is 293 g/mol. The summed E-state index contributed by atoms with van der Waals surface area (Å²) in [7, 11) is 0. The highest BCUT2D eigenvalue weighted by atomic mass is 32.1. The van der Waals surface area contributed by atoms with E-state index in [0.717, 1.165) is 15.6 Å². The fraction of sp³-hybridized carbons (Fsp3) is 0.0667. The predicted molar refractivity (Wildman–Crippen MR) is 81.6 cm³/mol. The Morgan fingerprint density at radius 3 is 2.71 bits per heavy atom. The third-order valence-corrected chi connectivity index (χ3v) is 3.74. The van der Waals surface area contributed by atoms with Crippen molar-refractivity contribution in [3.63, 3.8) is 0 Å². The molecule has 0 atom stereocenters. The van der Waals surface area contributed by atoms with E-state index < -0.39 is 0 Å². The van der Waals surface area contributed by atoms with Gasteiger partial charge in [-0.3, -0.25) is 0 Å². The molecule has 2 heterocycles. The SMILES string of the molecule is N#Cc1cccc(NCc2nnc(-c3ccccc3)s2)n1. The predicted octanol–water partition coefficient (Wildman–Crippen LogP) is 3.08. The molecule has 0 amide bonds. The number of anilines is 1. The van der Waals surface area contributed by atoms with Gasteiger partial charge >= 0.3 is 0 Å². The number of hydrogen-bond donors (Lipinski definition) is 1. The van der Waals surface area contributed by atoms with Gasteiger partial charge in [0.25, 0.3) is 0 Å². The van der Waals surface area contributed by atoms with E-state index in [0.29, 0.717) is 18.1 Å². The maximum absolute atomic E-state index is 8.82. The summed E-state index contributed by atoms with van der Waals surface area (Å²) in [6.45, 7) is 0.534. The van der Waals surface area contributed by atoms with Crippen LogP contribution in [0.5, 0.6) is 0 Å². The van der Waals surface area contributed by atoms with Gasteiger partial charge in [0, 0.05) is 5.56 Å². The van der Waals surface area contributed by atoms with E-state index in [1.54, 1.807) is 12.1 Å². The normalized spacial score (nSPS) is 10.0. The van der Waals surface area contributed by atoms with E-state index in [2.05, 4.69) is 20.5 Å². The smallest absolute Gasteiger partial charge is 0.147 e. The van der Waals surface area contributed by atoms with Crippen LogP contribution in [0, 0.1) is 11.3 Å². The molecule has 0 spiro atoms. The number of pyridine rings is 1. The molecule has 0 aliphatic rings. The van der Waals surface area contributed by atoms with Gasteiger partial charge in [-0.15, -0.1) is 10.2 Å². The molecule has 0 aliphatic heterocycles. The lowest BCUT2D eigenvalue weighted by Gasteiger charge is -2.02. The van der Waals surface area contributed by atoms with Crippen LogP contribution < -0.4 is 5.32 Å². The first-order chi connectivity index (χ1) is 10.3. The molecule has 5 nitrogen and oxygen atoms in total. The molecule has 6 heteroatoms. The van der Waals surface area contributed by atoms with E-state index in [4.69, 9.17) is 5.26 Å². The number of aromatic nitrogens is 3. The Kier molecular flexibility index (Phi) is 3.85. The van der Waals surface area contributed by atoms with E-state index in [-0.39, 0.29) is 0 Å². The van der Waals surface area contributed by atoms with Crippen LogP contribution in [0.15, 0.2) is 48.5 Å². The summed E-state index contributed by atoms with van der Waals surface area (Å²) in [5.74, 6) is 0.658. The van der Waals surface area contributed by atoms with Crippen molar-refractivity contribution in [3.05, 3.63) is 59.2 Å². The molecule has 0 aliphatic carbocycles. The molecular formula is C15H11N5S. The second-order valence-corrected chi connectivity index (χ2v) is 5.30. The lowest BCUT2D eigenvalue weighted by molar-refractivity contribution is 0.984. The minimum Gasteiger partial charge on any atom is -0.363 e. The van der Waals surface area contributed by atoms with Crippen molar-refractivity contribution in [2.24, 2.45) is 0 Å². The molecule has 1 aromatic carbocycles. The number of hydrogen-bond acceptors (Lipinski definition) is 6. The van der Waals surface area contributed by atoms with E-state index in [9.17, 15) is 0 Å². The Morgan fingerprint density at radius 1 is 1.05 bits per heavy atom. The van der Waals surface area contributed by atoms with Gasteiger partial charge in [-0.25, -0.2) is 4.98 Å². The largest absolute Gasteiger partial charge is 0.363 e. The van der Waals surface area contributed by atoms with Crippen LogP contribution in [-0.2, 0) is 6.54 Å². The van der Waals surface area contributed by atoms with Crippen molar-refractivity contribution >= 4 is 17.2 Å². The zero-order chi connectivity index (χ0) is 14.5. The molecule has 0 bridgehead atoms. The molecule has 0 saturated heterocycles. The average Bonchev–Trinajstić information content (AvgIpc) is 3.03. The van der Waals surface area contributed by atoms with Crippen LogP contribution in [0.1, 0.15) is 10.7 Å². The van der Waals surface area contributed by atoms with E-state index in [1.165, 1.54) is 11.3 Å². The highest BCUT2D eigenvalue weighted by Gasteiger charge is 2.06. The molecule has 2 aromatic heterocycles. The molecule has 0 radical (unpaired) electrons. The summed E-state index contributed by atoms with van der Waals surface area (Å²) in [5.41, 5.74) is 1.45. The van der Waals surface area contributed by atoms with Gasteiger partial charge < -0.3 is 5.32 Å². The third kappa shape index (κ3) is 3.22. The molecule has 0 fully saturated rings. The summed E-state index contributed by atoms with van der Waals surface area (Å²) in [4.78, 5) is 4.16. The Labute approximate surface area is 125 Å². The number of nitriles is 1. The van der Waals surface area contributed by atoms with Crippen LogP contribution in [0.3, 0.4) is 0 Å². The molecule has 21 heavy (non-hydrogen) atoms. The fourth-order valence-electron chi connectivity index (χ4n) is 1.78. The summed E-state index contributed by atoms with van der Waals surface area (Å²) >= 11 is 1.54. The maximum atomic E-state index is 8.82. The molecule has 3 aromatic rings. The van der Waals surface area contributed by atoms with Crippen molar-refractivity contribution in [2.45, 2.75) is 6.54 Å². The van der Waals surface area contributed by atoms with E-state index in [1.807, 2.05) is 42.5 Å². The maximum Gasteiger partial charge on any atom is 0.147 e. The van der Waals surface area contributed by atoms with Crippen LogP contribution in [0.2, 0.25) is 0 Å². The molecular weight excluding hydrogens is 282 g/mol. The number of benzene rings is 1. The minimum absolute atomic E-state index is 0.391. The number of rotatable bonds is 4. The highest BCUT2D eigenvalue weighted by Crippen LogP contribution is 2.23. The topological polar surface area (TPSA) is 74.5 Å². The first-order valence-corrected chi connectivity index (χ1v) is 7.15. The summed E-state index contributed by atoms with van der Waals surface area (Å²) in [5, 5.41) is 22.1. The van der Waals surface area contributed by atoms with Crippen molar-refractivity contribution in [1.82, 2.24) is 15.2 Å². The average molecular weight is 293 g/mol. The molecule has 0 unspecified atom stereocenters. The lowest BCUT2D eigenvalue weighted by atomic mass is 10.2. The van der Waals surface area contributed by atoms with Crippen molar-refractivity contribution < 1.29 is 0 Å². The number of nitrogens with one attached hydrogen (secondary N) is 1. The van der Waals surface area contributed by atoms with Crippen LogP contribution in [0.25, 0.3) is 10.6 Å². The third-order valence-electron chi connectivity index (χ3n) is 2.77. The van der Waals surface area contributed by atoms with Gasteiger partial charge in [-0.1, -0.05) is 47.7 Å². The van der Waals surface area contributed by atoms with Gasteiger partial charge in [0.2, 0.25) is 0 Å². The first kappa shape index (κ1) is 13.2. The quantitative estimate of drug-likeness (QED) is 0.800. The zero-order valence-corrected chi connectivity index (χ0v) is 11.8. The molecule has 102 valence electrons. The molecule has 3 rings (SSSR count). The lowest BCUT2D eigenvalue weighted by Crippen LogP contribution is -2.01.